The van der Waals surface area contributed by atoms with Gasteiger partial charge in [-0.05, 0) is 30.9 Å². The van der Waals surface area contributed by atoms with E-state index >= 15 is 0 Å². The van der Waals surface area contributed by atoms with Gasteiger partial charge < -0.3 is 9.47 Å². The molecule has 0 radical (unpaired) electrons. The molecule has 0 N–H and O–H groups in total. The van der Waals surface area contributed by atoms with Gasteiger partial charge in [0, 0.05) is 26.3 Å². The summed E-state index contributed by atoms with van der Waals surface area (Å²) >= 11 is 5.42. The fraction of sp³-hybridized carbons (Fsp3) is 0.429. The van der Waals surface area contributed by atoms with Crippen LogP contribution < -0.4 is 4.90 Å². The number of piperidine rings is 1. The van der Waals surface area contributed by atoms with E-state index in [-0.39, 0.29) is 17.2 Å². The van der Waals surface area contributed by atoms with Gasteiger partial charge in [-0.1, -0.05) is 0 Å². The molecular weight excluding hydrogens is 309 g/mol. The molecule has 0 aliphatic carbocycles. The topological polar surface area (TPSA) is 63.9 Å². The summed E-state index contributed by atoms with van der Waals surface area (Å²) in [5.74, 6) is 0.156. The molecule has 6 nitrogen and oxygen atoms in total. The Hall–Kier alpha value is -2.02. The summed E-state index contributed by atoms with van der Waals surface area (Å²) in [5, 5.41) is -0.687. The zero-order chi connectivity index (χ0) is 15.7. The van der Waals surface area contributed by atoms with Gasteiger partial charge in [-0.25, -0.2) is 19.3 Å². The average Bonchev–Trinajstić information content (AvgIpc) is 2.91. The summed E-state index contributed by atoms with van der Waals surface area (Å²) in [6, 6.07) is 0. The van der Waals surface area contributed by atoms with Gasteiger partial charge in [0.15, 0.2) is 11.6 Å². The predicted molar refractivity (Wildman–Crippen MR) is 80.4 cm³/mol. The van der Waals surface area contributed by atoms with Gasteiger partial charge in [0.2, 0.25) is 5.95 Å². The highest BCUT2D eigenvalue weighted by Crippen LogP contribution is 2.23. The van der Waals surface area contributed by atoms with Crippen LogP contribution in [0.1, 0.15) is 29.8 Å². The third-order valence-corrected chi connectivity index (χ3v) is 3.85. The maximum atomic E-state index is 14.1. The van der Waals surface area contributed by atoms with E-state index in [1.807, 2.05) is 4.90 Å². The number of hydrogen-bond acceptors (Lipinski definition) is 5. The average molecular weight is 324 g/mol. The second-order valence-electron chi connectivity index (χ2n) is 5.25. The number of halogens is 2. The molecule has 0 bridgehead atoms. The second kappa shape index (κ2) is 6.00. The first-order valence-corrected chi connectivity index (χ1v) is 7.45. The summed E-state index contributed by atoms with van der Waals surface area (Å²) in [4.78, 5) is 25.7. The van der Waals surface area contributed by atoms with E-state index in [1.165, 1.54) is 17.2 Å². The van der Waals surface area contributed by atoms with Crippen LogP contribution in [0.5, 0.6) is 0 Å². The van der Waals surface area contributed by atoms with Gasteiger partial charge in [0.1, 0.15) is 11.4 Å². The van der Waals surface area contributed by atoms with Gasteiger partial charge in [-0.2, -0.15) is 0 Å². The standard InChI is InChI=1S/C14H15ClFN5O/c1-20-8-10(12(15)22)18-13(20)11-9(16)7-17-14(19-11)21-5-3-2-4-6-21/h7-8H,2-6H2,1H3. The number of rotatable bonds is 3. The van der Waals surface area contributed by atoms with Crippen molar-refractivity contribution in [2.24, 2.45) is 7.05 Å². The number of carbonyl (C=O) groups is 1. The van der Waals surface area contributed by atoms with Crippen molar-refractivity contribution < 1.29 is 9.18 Å². The molecule has 1 aliphatic rings. The molecule has 8 heteroatoms. The zero-order valence-electron chi connectivity index (χ0n) is 12.1. The van der Waals surface area contributed by atoms with E-state index in [0.717, 1.165) is 32.1 Å². The number of aromatic nitrogens is 4. The van der Waals surface area contributed by atoms with Crippen LogP contribution >= 0.6 is 11.6 Å². The summed E-state index contributed by atoms with van der Waals surface area (Å²) in [6.07, 6.45) is 5.92. The normalized spacial score (nSPS) is 15.1. The van der Waals surface area contributed by atoms with Crippen molar-refractivity contribution in [2.75, 3.05) is 18.0 Å². The minimum atomic E-state index is -0.687. The van der Waals surface area contributed by atoms with E-state index in [0.29, 0.717) is 5.95 Å². The number of anilines is 1. The van der Waals surface area contributed by atoms with Crippen LogP contribution in [0.15, 0.2) is 12.4 Å². The van der Waals surface area contributed by atoms with Crippen molar-refractivity contribution in [1.29, 1.82) is 0 Å². The maximum absolute atomic E-state index is 14.1. The lowest BCUT2D eigenvalue weighted by Gasteiger charge is -2.26. The molecule has 22 heavy (non-hydrogen) atoms. The Balaban J connectivity index is 2.01. The van der Waals surface area contributed by atoms with Crippen molar-refractivity contribution in [1.82, 2.24) is 19.5 Å². The number of carbonyl (C=O) groups excluding carboxylic acids is 1. The van der Waals surface area contributed by atoms with Gasteiger partial charge >= 0.3 is 0 Å². The molecule has 1 fully saturated rings. The molecule has 0 unspecified atom stereocenters. The van der Waals surface area contributed by atoms with E-state index < -0.39 is 11.1 Å². The molecule has 0 saturated carbocycles. The third kappa shape index (κ3) is 2.81. The molecule has 0 atom stereocenters. The lowest BCUT2D eigenvalue weighted by Crippen LogP contribution is -2.31. The third-order valence-electron chi connectivity index (χ3n) is 3.66. The molecule has 2 aromatic rings. The van der Waals surface area contributed by atoms with Crippen molar-refractivity contribution in [3.63, 3.8) is 0 Å². The largest absolute Gasteiger partial charge is 0.341 e. The summed E-state index contributed by atoms with van der Waals surface area (Å²) < 4.78 is 15.6. The molecule has 116 valence electrons. The van der Waals surface area contributed by atoms with Crippen LogP contribution in [0.3, 0.4) is 0 Å². The Labute approximate surface area is 132 Å². The van der Waals surface area contributed by atoms with Crippen molar-refractivity contribution in [3.8, 4) is 11.5 Å². The van der Waals surface area contributed by atoms with E-state index in [4.69, 9.17) is 11.6 Å². The Morgan fingerprint density at radius 3 is 2.64 bits per heavy atom. The number of hydrogen-bond donors (Lipinski definition) is 0. The van der Waals surface area contributed by atoms with E-state index in [2.05, 4.69) is 15.0 Å². The number of imidazole rings is 1. The lowest BCUT2D eigenvalue weighted by molar-refractivity contribution is 0.107. The molecule has 3 heterocycles. The van der Waals surface area contributed by atoms with Gasteiger partial charge in [-0.3, -0.25) is 4.79 Å². The summed E-state index contributed by atoms with van der Waals surface area (Å²) in [5.41, 5.74) is 0.138. The van der Waals surface area contributed by atoms with Gasteiger partial charge in [-0.15, -0.1) is 0 Å². The molecule has 0 amide bonds. The Kier molecular flexibility index (Phi) is 4.06. The minimum absolute atomic E-state index is 0.0664. The van der Waals surface area contributed by atoms with Crippen LogP contribution in [0, 0.1) is 5.82 Å². The molecule has 0 spiro atoms. The van der Waals surface area contributed by atoms with E-state index in [1.54, 1.807) is 7.05 Å². The Morgan fingerprint density at radius 2 is 2.00 bits per heavy atom. The molecule has 0 aromatic carbocycles. The fourth-order valence-corrected chi connectivity index (χ4v) is 2.63. The first-order valence-electron chi connectivity index (χ1n) is 7.07. The van der Waals surface area contributed by atoms with Crippen LogP contribution in [-0.4, -0.2) is 37.9 Å². The first kappa shape index (κ1) is 14.9. The Bertz CT molecular complexity index is 711. The first-order chi connectivity index (χ1) is 10.6. The van der Waals surface area contributed by atoms with Crippen molar-refractivity contribution in [2.45, 2.75) is 19.3 Å². The van der Waals surface area contributed by atoms with Crippen molar-refractivity contribution >= 4 is 22.8 Å². The smallest absolute Gasteiger partial charge is 0.272 e. The SMILES string of the molecule is Cn1cc(C(=O)Cl)nc1-c1nc(N2CCCCC2)ncc1F. The van der Waals surface area contributed by atoms with Crippen LogP contribution in [-0.2, 0) is 7.05 Å². The summed E-state index contributed by atoms with van der Waals surface area (Å²) in [7, 11) is 1.66. The molecule has 3 rings (SSSR count). The van der Waals surface area contributed by atoms with E-state index in [9.17, 15) is 9.18 Å². The molecule has 2 aromatic heterocycles. The lowest BCUT2D eigenvalue weighted by atomic mass is 10.1. The second-order valence-corrected chi connectivity index (χ2v) is 5.59. The highest BCUT2D eigenvalue weighted by atomic mass is 35.5. The summed E-state index contributed by atoms with van der Waals surface area (Å²) in [6.45, 7) is 1.72. The fourth-order valence-electron chi connectivity index (χ4n) is 2.54. The van der Waals surface area contributed by atoms with Crippen LogP contribution in [0.4, 0.5) is 10.3 Å². The molecule has 1 aliphatic heterocycles. The Morgan fingerprint density at radius 1 is 1.27 bits per heavy atom. The molecule has 1 saturated heterocycles. The number of aryl methyl sites for hydroxylation is 1. The maximum Gasteiger partial charge on any atom is 0.272 e. The molecular formula is C14H15ClFN5O. The quantitative estimate of drug-likeness (QED) is 0.811. The van der Waals surface area contributed by atoms with Crippen LogP contribution in [0.2, 0.25) is 0 Å². The minimum Gasteiger partial charge on any atom is -0.341 e. The zero-order valence-corrected chi connectivity index (χ0v) is 12.8. The monoisotopic (exact) mass is 323 g/mol. The van der Waals surface area contributed by atoms with Crippen molar-refractivity contribution in [3.05, 3.63) is 23.9 Å². The highest BCUT2D eigenvalue weighted by Gasteiger charge is 2.20. The highest BCUT2D eigenvalue weighted by molar-refractivity contribution is 6.67. The number of nitrogens with zero attached hydrogens (tertiary/aromatic N) is 5. The predicted octanol–water partition coefficient (Wildman–Crippen LogP) is 2.39. The van der Waals surface area contributed by atoms with Crippen LogP contribution in [0.25, 0.3) is 11.5 Å². The van der Waals surface area contributed by atoms with Gasteiger partial charge in [0.25, 0.3) is 5.24 Å². The van der Waals surface area contributed by atoms with Gasteiger partial charge in [0.05, 0.1) is 6.20 Å².